The van der Waals surface area contributed by atoms with E-state index < -0.39 is 0 Å². The van der Waals surface area contributed by atoms with Crippen LogP contribution in [0.25, 0.3) is 0 Å². The highest BCUT2D eigenvalue weighted by atomic mass is 14.7. The van der Waals surface area contributed by atoms with Crippen LogP contribution >= 0.6 is 0 Å². The van der Waals surface area contributed by atoms with Gasteiger partial charge >= 0.3 is 0 Å². The van der Waals surface area contributed by atoms with Crippen LogP contribution in [-0.4, -0.2) is 11.0 Å². The maximum Gasteiger partial charge on any atom is 0.0300 e. The van der Waals surface area contributed by atoms with Crippen molar-refractivity contribution in [2.24, 2.45) is 11.7 Å². The highest BCUT2D eigenvalue weighted by molar-refractivity contribution is 5.10. The van der Waals surface area contributed by atoms with Crippen LogP contribution in [0, 0.1) is 5.92 Å². The summed E-state index contributed by atoms with van der Waals surface area (Å²) in [6.07, 6.45) is 10.1. The third-order valence-corrected chi connectivity index (χ3v) is 3.20. The molecular formula is C12H18N2. The molecule has 0 spiro atoms. The van der Waals surface area contributed by atoms with E-state index in [0.717, 1.165) is 12.3 Å². The number of rotatable bonds is 3. The van der Waals surface area contributed by atoms with Crippen LogP contribution in [0.15, 0.2) is 24.5 Å². The Kier molecular flexibility index (Phi) is 3.14. The molecule has 0 aromatic carbocycles. The van der Waals surface area contributed by atoms with Gasteiger partial charge in [0.05, 0.1) is 0 Å². The minimum absolute atomic E-state index is 0.335. The Morgan fingerprint density at radius 2 is 2.21 bits per heavy atom. The Bertz CT molecular complexity index is 265. The fraction of sp³-hybridized carbons (Fsp3) is 0.583. The second-order valence-electron chi connectivity index (χ2n) is 4.27. The van der Waals surface area contributed by atoms with Crippen molar-refractivity contribution in [1.82, 2.24) is 4.98 Å². The SMILES string of the molecule is NC(Cc1cccnc1)C1CCCC1. The van der Waals surface area contributed by atoms with E-state index in [1.165, 1.54) is 31.2 Å². The standard InChI is InChI=1S/C12H18N2/c13-12(11-5-1-2-6-11)8-10-4-3-7-14-9-10/h3-4,7,9,11-12H,1-2,5-6,8,13H2. The second kappa shape index (κ2) is 4.56. The van der Waals surface area contributed by atoms with Crippen molar-refractivity contribution < 1.29 is 0 Å². The molecule has 0 amide bonds. The maximum absolute atomic E-state index is 6.18. The molecule has 2 nitrogen and oxygen atoms in total. The molecule has 0 radical (unpaired) electrons. The van der Waals surface area contributed by atoms with Gasteiger partial charge in [-0.15, -0.1) is 0 Å². The van der Waals surface area contributed by atoms with Gasteiger partial charge in [-0.2, -0.15) is 0 Å². The van der Waals surface area contributed by atoms with E-state index in [2.05, 4.69) is 11.1 Å². The van der Waals surface area contributed by atoms with Crippen LogP contribution in [0.1, 0.15) is 31.2 Å². The third kappa shape index (κ3) is 2.32. The molecule has 1 aromatic heterocycles. The molecule has 1 atom stereocenters. The first kappa shape index (κ1) is 9.66. The topological polar surface area (TPSA) is 38.9 Å². The normalized spacial score (nSPS) is 19.8. The highest BCUT2D eigenvalue weighted by Gasteiger charge is 2.21. The van der Waals surface area contributed by atoms with Crippen molar-refractivity contribution in [2.75, 3.05) is 0 Å². The van der Waals surface area contributed by atoms with Crippen LogP contribution in [0.4, 0.5) is 0 Å². The van der Waals surface area contributed by atoms with Gasteiger partial charge in [0.1, 0.15) is 0 Å². The lowest BCUT2D eigenvalue weighted by atomic mass is 9.94. The molecule has 2 rings (SSSR count). The van der Waals surface area contributed by atoms with Gasteiger partial charge < -0.3 is 5.73 Å². The van der Waals surface area contributed by atoms with Crippen LogP contribution in [-0.2, 0) is 6.42 Å². The van der Waals surface area contributed by atoms with Crippen LogP contribution in [0.3, 0.4) is 0 Å². The summed E-state index contributed by atoms with van der Waals surface area (Å²) in [6.45, 7) is 0. The van der Waals surface area contributed by atoms with Gasteiger partial charge in [0.2, 0.25) is 0 Å². The minimum atomic E-state index is 0.335. The number of nitrogens with zero attached hydrogens (tertiary/aromatic N) is 1. The van der Waals surface area contributed by atoms with Crippen molar-refractivity contribution in [3.63, 3.8) is 0 Å². The number of aromatic nitrogens is 1. The zero-order valence-corrected chi connectivity index (χ0v) is 8.52. The van der Waals surface area contributed by atoms with Gasteiger partial charge in [-0.1, -0.05) is 18.9 Å². The molecular weight excluding hydrogens is 172 g/mol. The van der Waals surface area contributed by atoms with E-state index in [0.29, 0.717) is 6.04 Å². The Balaban J connectivity index is 1.90. The summed E-state index contributed by atoms with van der Waals surface area (Å²) >= 11 is 0. The third-order valence-electron chi connectivity index (χ3n) is 3.20. The van der Waals surface area contributed by atoms with Crippen molar-refractivity contribution in [3.05, 3.63) is 30.1 Å². The Morgan fingerprint density at radius 1 is 1.43 bits per heavy atom. The highest BCUT2D eigenvalue weighted by Crippen LogP contribution is 2.27. The molecule has 1 aromatic rings. The first-order chi connectivity index (χ1) is 6.86. The lowest BCUT2D eigenvalue weighted by Crippen LogP contribution is -2.30. The van der Waals surface area contributed by atoms with E-state index in [1.54, 1.807) is 0 Å². The van der Waals surface area contributed by atoms with Gasteiger partial charge in [0.25, 0.3) is 0 Å². The van der Waals surface area contributed by atoms with Crippen molar-refractivity contribution in [3.8, 4) is 0 Å². The van der Waals surface area contributed by atoms with Crippen molar-refractivity contribution in [2.45, 2.75) is 38.1 Å². The summed E-state index contributed by atoms with van der Waals surface area (Å²) in [5, 5.41) is 0. The largest absolute Gasteiger partial charge is 0.327 e. The number of nitrogens with two attached hydrogens (primary N) is 1. The molecule has 14 heavy (non-hydrogen) atoms. The Hall–Kier alpha value is -0.890. The van der Waals surface area contributed by atoms with E-state index in [9.17, 15) is 0 Å². The molecule has 1 saturated carbocycles. The van der Waals surface area contributed by atoms with E-state index >= 15 is 0 Å². The minimum Gasteiger partial charge on any atom is -0.327 e. The quantitative estimate of drug-likeness (QED) is 0.793. The van der Waals surface area contributed by atoms with Crippen molar-refractivity contribution >= 4 is 0 Å². The molecule has 1 unspecified atom stereocenters. The molecule has 2 heteroatoms. The Labute approximate surface area is 85.5 Å². The molecule has 2 N–H and O–H groups in total. The number of hydrogen-bond donors (Lipinski definition) is 1. The first-order valence-corrected chi connectivity index (χ1v) is 5.51. The average Bonchev–Trinajstić information content (AvgIpc) is 2.72. The Morgan fingerprint density at radius 3 is 2.86 bits per heavy atom. The molecule has 1 aliphatic carbocycles. The molecule has 1 aliphatic rings. The maximum atomic E-state index is 6.18. The zero-order chi connectivity index (χ0) is 9.80. The summed E-state index contributed by atoms with van der Waals surface area (Å²) in [5.41, 5.74) is 7.45. The average molecular weight is 190 g/mol. The second-order valence-corrected chi connectivity index (χ2v) is 4.27. The van der Waals surface area contributed by atoms with Gasteiger partial charge in [0, 0.05) is 18.4 Å². The number of hydrogen-bond acceptors (Lipinski definition) is 2. The first-order valence-electron chi connectivity index (χ1n) is 5.51. The van der Waals surface area contributed by atoms with E-state index in [-0.39, 0.29) is 0 Å². The van der Waals surface area contributed by atoms with Gasteiger partial charge in [-0.05, 0) is 36.8 Å². The van der Waals surface area contributed by atoms with Gasteiger partial charge in [-0.3, -0.25) is 4.98 Å². The summed E-state index contributed by atoms with van der Waals surface area (Å²) in [5.74, 6) is 0.746. The fourth-order valence-corrected chi connectivity index (χ4v) is 2.34. The lowest BCUT2D eigenvalue weighted by Gasteiger charge is -2.18. The zero-order valence-electron chi connectivity index (χ0n) is 8.52. The lowest BCUT2D eigenvalue weighted by molar-refractivity contribution is 0.429. The van der Waals surface area contributed by atoms with E-state index in [1.807, 2.05) is 18.5 Å². The summed E-state index contributed by atoms with van der Waals surface area (Å²) in [4.78, 5) is 4.11. The van der Waals surface area contributed by atoms with Crippen LogP contribution in [0.2, 0.25) is 0 Å². The molecule has 0 saturated heterocycles. The molecule has 1 fully saturated rings. The van der Waals surface area contributed by atoms with Gasteiger partial charge in [0.15, 0.2) is 0 Å². The number of pyridine rings is 1. The van der Waals surface area contributed by atoms with Gasteiger partial charge in [-0.25, -0.2) is 0 Å². The van der Waals surface area contributed by atoms with E-state index in [4.69, 9.17) is 5.73 Å². The smallest absolute Gasteiger partial charge is 0.0300 e. The predicted octanol–water partition coefficient (Wildman–Crippen LogP) is 2.14. The molecule has 76 valence electrons. The van der Waals surface area contributed by atoms with Crippen LogP contribution < -0.4 is 5.73 Å². The van der Waals surface area contributed by atoms with Crippen molar-refractivity contribution in [1.29, 1.82) is 0 Å². The predicted molar refractivity (Wildman–Crippen MR) is 57.9 cm³/mol. The molecule has 0 bridgehead atoms. The summed E-state index contributed by atoms with van der Waals surface area (Å²) in [6, 6.07) is 4.43. The fourth-order valence-electron chi connectivity index (χ4n) is 2.34. The monoisotopic (exact) mass is 190 g/mol. The summed E-state index contributed by atoms with van der Waals surface area (Å²) in [7, 11) is 0. The van der Waals surface area contributed by atoms with Crippen LogP contribution in [0.5, 0.6) is 0 Å². The molecule has 0 aliphatic heterocycles. The summed E-state index contributed by atoms with van der Waals surface area (Å²) < 4.78 is 0. The molecule has 1 heterocycles.